The average molecular weight is 369 g/mol. The van der Waals surface area contributed by atoms with E-state index in [4.69, 9.17) is 0 Å². The zero-order chi connectivity index (χ0) is 18.3. The fourth-order valence-electron chi connectivity index (χ4n) is 3.36. The Morgan fingerprint density at radius 2 is 2.23 bits per heavy atom. The number of anilines is 1. The Morgan fingerprint density at radius 3 is 3.04 bits per heavy atom. The molecule has 3 N–H and O–H groups in total. The fraction of sp³-hybridized carbons (Fsp3) is 0.316. The van der Waals surface area contributed by atoms with Crippen molar-refractivity contribution >= 4 is 33.1 Å². The second-order valence-corrected chi connectivity index (χ2v) is 7.70. The number of aromatic hydroxyl groups is 1. The molecule has 0 saturated heterocycles. The lowest BCUT2D eigenvalue weighted by atomic mass is 10.2. The van der Waals surface area contributed by atoms with Crippen LogP contribution < -0.4 is 10.9 Å². The molecular weight excluding hydrogens is 350 g/mol. The average Bonchev–Trinajstić information content (AvgIpc) is 3.16. The maximum absolute atomic E-state index is 12.4. The second-order valence-electron chi connectivity index (χ2n) is 6.62. The van der Waals surface area contributed by atoms with E-state index in [0.29, 0.717) is 17.9 Å². The van der Waals surface area contributed by atoms with Gasteiger partial charge in [-0.25, -0.2) is 4.98 Å². The van der Waals surface area contributed by atoms with Gasteiger partial charge in [-0.05, 0) is 49.4 Å². The number of aromatic nitrogens is 2. The van der Waals surface area contributed by atoms with Crippen molar-refractivity contribution in [1.29, 1.82) is 0 Å². The Balaban J connectivity index is 1.47. The fourth-order valence-corrected chi connectivity index (χ4v) is 4.64. The summed E-state index contributed by atoms with van der Waals surface area (Å²) in [7, 11) is 0. The molecule has 0 fully saturated rings. The highest BCUT2D eigenvalue weighted by atomic mass is 32.1. The molecule has 0 unspecified atom stereocenters. The topological polar surface area (TPSA) is 95.1 Å². The maximum Gasteiger partial charge on any atom is 0.259 e. The molecule has 2 aromatic heterocycles. The lowest BCUT2D eigenvalue weighted by Gasteiger charge is -2.08. The third kappa shape index (κ3) is 3.10. The summed E-state index contributed by atoms with van der Waals surface area (Å²) in [5.74, 6) is 0.325. The van der Waals surface area contributed by atoms with Crippen LogP contribution in [0.4, 0.5) is 5.69 Å². The van der Waals surface area contributed by atoms with Gasteiger partial charge in [0.2, 0.25) is 5.91 Å². The van der Waals surface area contributed by atoms with Crippen LogP contribution in [0.25, 0.3) is 10.2 Å². The van der Waals surface area contributed by atoms with Crippen LogP contribution >= 0.6 is 11.3 Å². The number of aromatic amines is 1. The van der Waals surface area contributed by atoms with E-state index < -0.39 is 0 Å². The number of benzene rings is 1. The molecule has 0 saturated carbocycles. The highest BCUT2D eigenvalue weighted by molar-refractivity contribution is 7.18. The van der Waals surface area contributed by atoms with Gasteiger partial charge in [-0.2, -0.15) is 0 Å². The summed E-state index contributed by atoms with van der Waals surface area (Å²) in [6.45, 7) is 1.87. The quantitative estimate of drug-likeness (QED) is 0.616. The first kappa shape index (κ1) is 16.8. The van der Waals surface area contributed by atoms with Crippen molar-refractivity contribution in [1.82, 2.24) is 9.97 Å². The number of hydrogen-bond acceptors (Lipinski definition) is 5. The third-order valence-corrected chi connectivity index (χ3v) is 5.83. The molecular formula is C19H19N3O3S. The summed E-state index contributed by atoms with van der Waals surface area (Å²) < 4.78 is 0. The van der Waals surface area contributed by atoms with E-state index in [9.17, 15) is 14.7 Å². The number of phenolic OH excluding ortho intramolecular Hbond substituents is 1. The molecule has 2 heterocycles. The highest BCUT2D eigenvalue weighted by Crippen LogP contribution is 2.34. The largest absolute Gasteiger partial charge is 0.506 e. The molecule has 1 aliphatic carbocycles. The van der Waals surface area contributed by atoms with Crippen molar-refractivity contribution in [2.45, 2.75) is 39.0 Å². The maximum atomic E-state index is 12.4. The van der Waals surface area contributed by atoms with Gasteiger partial charge in [0.15, 0.2) is 0 Å². The number of thiophene rings is 1. The summed E-state index contributed by atoms with van der Waals surface area (Å²) in [5.41, 5.74) is 2.34. The van der Waals surface area contributed by atoms with E-state index in [1.54, 1.807) is 23.5 Å². The second kappa shape index (κ2) is 6.57. The van der Waals surface area contributed by atoms with Gasteiger partial charge in [0.1, 0.15) is 16.4 Å². The van der Waals surface area contributed by atoms with Crippen molar-refractivity contribution in [2.24, 2.45) is 0 Å². The number of carbonyl (C=O) groups is 1. The summed E-state index contributed by atoms with van der Waals surface area (Å²) >= 11 is 1.59. The van der Waals surface area contributed by atoms with Crippen LogP contribution in [0.1, 0.15) is 34.7 Å². The molecule has 1 aromatic carbocycles. The Morgan fingerprint density at radius 1 is 1.38 bits per heavy atom. The van der Waals surface area contributed by atoms with Gasteiger partial charge in [-0.1, -0.05) is 6.07 Å². The SMILES string of the molecule is Cc1ccc(NC(=O)CCc2nc3sc4c(c3c(=O)[nH]2)CCC4)c(O)c1. The van der Waals surface area contributed by atoms with Gasteiger partial charge in [0, 0.05) is 17.7 Å². The number of H-pyrrole nitrogens is 1. The number of amides is 1. The van der Waals surface area contributed by atoms with Gasteiger partial charge >= 0.3 is 0 Å². The minimum Gasteiger partial charge on any atom is -0.506 e. The molecule has 1 aliphatic rings. The molecule has 4 rings (SSSR count). The Hall–Kier alpha value is -2.67. The minimum atomic E-state index is -0.236. The van der Waals surface area contributed by atoms with Crippen molar-refractivity contribution < 1.29 is 9.90 Å². The van der Waals surface area contributed by atoms with Crippen LogP contribution in [0, 0.1) is 6.92 Å². The Kier molecular flexibility index (Phi) is 4.24. The van der Waals surface area contributed by atoms with Gasteiger partial charge in [0.05, 0.1) is 11.1 Å². The Labute approximate surface area is 153 Å². The van der Waals surface area contributed by atoms with Crippen molar-refractivity contribution in [3.8, 4) is 5.75 Å². The van der Waals surface area contributed by atoms with Crippen LogP contribution in [0.5, 0.6) is 5.75 Å². The Bertz CT molecular complexity index is 1070. The van der Waals surface area contributed by atoms with E-state index in [-0.39, 0.29) is 23.6 Å². The van der Waals surface area contributed by atoms with E-state index >= 15 is 0 Å². The van der Waals surface area contributed by atoms with Crippen molar-refractivity contribution in [2.75, 3.05) is 5.32 Å². The van der Waals surface area contributed by atoms with Crippen molar-refractivity contribution in [3.63, 3.8) is 0 Å². The minimum absolute atomic E-state index is 0.0411. The van der Waals surface area contributed by atoms with Crippen LogP contribution in [0.3, 0.4) is 0 Å². The molecule has 3 aromatic rings. The predicted molar refractivity (Wildman–Crippen MR) is 102 cm³/mol. The third-order valence-electron chi connectivity index (χ3n) is 4.64. The smallest absolute Gasteiger partial charge is 0.259 e. The zero-order valence-corrected chi connectivity index (χ0v) is 15.2. The van der Waals surface area contributed by atoms with Gasteiger partial charge in [-0.15, -0.1) is 11.3 Å². The summed E-state index contributed by atoms with van der Waals surface area (Å²) in [6.07, 6.45) is 3.58. The molecule has 0 spiro atoms. The number of carbonyl (C=O) groups excluding carboxylic acids is 1. The van der Waals surface area contributed by atoms with E-state index in [1.165, 1.54) is 4.88 Å². The number of nitrogens with one attached hydrogen (secondary N) is 2. The molecule has 6 nitrogen and oxygen atoms in total. The predicted octanol–water partition coefficient (Wildman–Crippen LogP) is 3.06. The lowest BCUT2D eigenvalue weighted by Crippen LogP contribution is -2.16. The summed E-state index contributed by atoms with van der Waals surface area (Å²) in [6, 6.07) is 5.08. The lowest BCUT2D eigenvalue weighted by molar-refractivity contribution is -0.116. The van der Waals surface area contributed by atoms with E-state index in [1.807, 2.05) is 13.0 Å². The molecule has 26 heavy (non-hydrogen) atoms. The van der Waals surface area contributed by atoms with E-state index in [2.05, 4.69) is 15.3 Å². The summed E-state index contributed by atoms with van der Waals surface area (Å²) in [4.78, 5) is 33.9. The first-order valence-electron chi connectivity index (χ1n) is 8.64. The number of hydrogen-bond donors (Lipinski definition) is 3. The standard InChI is InChI=1S/C19H19N3O3S/c1-10-5-6-12(13(23)9-10)20-16(24)8-7-15-21-18(25)17-11-3-2-4-14(11)26-19(17)22-15/h5-6,9,23H,2-4,7-8H2,1H3,(H,20,24)(H,21,22,25). The molecule has 0 radical (unpaired) electrons. The molecule has 7 heteroatoms. The van der Waals surface area contributed by atoms with Gasteiger partial charge < -0.3 is 15.4 Å². The number of rotatable bonds is 4. The van der Waals surface area contributed by atoms with Gasteiger partial charge in [0.25, 0.3) is 5.56 Å². The summed E-state index contributed by atoms with van der Waals surface area (Å²) in [5, 5.41) is 13.3. The first-order chi connectivity index (χ1) is 12.5. The zero-order valence-electron chi connectivity index (χ0n) is 14.4. The number of aryl methyl sites for hydroxylation is 4. The number of fused-ring (bicyclic) bond motifs is 3. The molecule has 134 valence electrons. The van der Waals surface area contributed by atoms with Crippen molar-refractivity contribution in [3.05, 3.63) is 50.4 Å². The number of nitrogens with zero attached hydrogens (tertiary/aromatic N) is 1. The van der Waals surface area contributed by atoms with Crippen LogP contribution in [0.15, 0.2) is 23.0 Å². The van der Waals surface area contributed by atoms with Crippen LogP contribution in [0.2, 0.25) is 0 Å². The molecule has 0 aliphatic heterocycles. The first-order valence-corrected chi connectivity index (χ1v) is 9.46. The monoisotopic (exact) mass is 369 g/mol. The molecule has 0 bridgehead atoms. The van der Waals surface area contributed by atoms with Gasteiger partial charge in [-0.3, -0.25) is 9.59 Å². The molecule has 1 amide bonds. The van der Waals surface area contributed by atoms with Crippen LogP contribution in [-0.4, -0.2) is 21.0 Å². The molecule has 0 atom stereocenters. The number of phenols is 1. The van der Waals surface area contributed by atoms with E-state index in [0.717, 1.165) is 40.6 Å². The van der Waals surface area contributed by atoms with Crippen LogP contribution in [-0.2, 0) is 24.1 Å². The normalized spacial score (nSPS) is 13.1. The highest BCUT2D eigenvalue weighted by Gasteiger charge is 2.21.